The summed E-state index contributed by atoms with van der Waals surface area (Å²) in [6.07, 6.45) is 0.944. The molecule has 21 heavy (non-hydrogen) atoms. The highest BCUT2D eigenvalue weighted by molar-refractivity contribution is 6.31. The van der Waals surface area contributed by atoms with Crippen molar-refractivity contribution in [3.8, 4) is 0 Å². The Morgan fingerprint density at radius 3 is 3.05 bits per heavy atom. The monoisotopic (exact) mass is 311 g/mol. The highest BCUT2D eigenvalue weighted by atomic mass is 35.5. The molecule has 4 N–H and O–H groups in total. The number of hydrogen-bond donors (Lipinski definition) is 3. The summed E-state index contributed by atoms with van der Waals surface area (Å²) >= 11 is 5.89. The number of carbonyl (C=O) groups is 1. The van der Waals surface area contributed by atoms with Crippen LogP contribution in [0.1, 0.15) is 19.8 Å². The Morgan fingerprint density at radius 1 is 1.57 bits per heavy atom. The van der Waals surface area contributed by atoms with E-state index in [1.165, 1.54) is 0 Å². The van der Waals surface area contributed by atoms with Gasteiger partial charge in [-0.25, -0.2) is 0 Å². The van der Waals surface area contributed by atoms with Gasteiger partial charge in [-0.2, -0.15) is 0 Å². The Hall–Kier alpha value is -1.30. The van der Waals surface area contributed by atoms with Crippen molar-refractivity contribution in [2.45, 2.75) is 25.9 Å². The second-order valence-corrected chi connectivity index (χ2v) is 6.10. The van der Waals surface area contributed by atoms with Crippen LogP contribution in [0.4, 0.5) is 11.4 Å². The zero-order valence-electron chi connectivity index (χ0n) is 12.2. The van der Waals surface area contributed by atoms with Crippen molar-refractivity contribution in [1.29, 1.82) is 0 Å². The molecular weight excluding hydrogens is 290 g/mol. The maximum atomic E-state index is 12.0. The van der Waals surface area contributed by atoms with Crippen LogP contribution in [0.3, 0.4) is 0 Å². The number of nitrogen functional groups attached to an aromatic ring is 1. The number of hydrogen-bond acceptors (Lipinski definition) is 4. The molecular formula is C15H22ClN3O2. The second kappa shape index (κ2) is 7.11. The lowest BCUT2D eigenvalue weighted by atomic mass is 9.97. The molecule has 1 amide bonds. The molecule has 1 aliphatic rings. The van der Waals surface area contributed by atoms with Gasteiger partial charge in [-0.3, -0.25) is 4.79 Å². The Balaban J connectivity index is 1.81. The van der Waals surface area contributed by atoms with E-state index in [1.807, 2.05) is 6.92 Å². The third-order valence-corrected chi connectivity index (χ3v) is 4.12. The van der Waals surface area contributed by atoms with Crippen molar-refractivity contribution >= 4 is 28.9 Å². The second-order valence-electron chi connectivity index (χ2n) is 5.66. The summed E-state index contributed by atoms with van der Waals surface area (Å²) in [6, 6.07) is 5.01. The molecule has 6 heteroatoms. The predicted molar refractivity (Wildman–Crippen MR) is 85.3 cm³/mol. The van der Waals surface area contributed by atoms with Gasteiger partial charge in [-0.05, 0) is 30.5 Å². The fourth-order valence-electron chi connectivity index (χ4n) is 2.53. The van der Waals surface area contributed by atoms with Crippen LogP contribution in [0.2, 0.25) is 5.02 Å². The maximum Gasteiger partial charge on any atom is 0.225 e. The van der Waals surface area contributed by atoms with Gasteiger partial charge in [0, 0.05) is 31.1 Å². The van der Waals surface area contributed by atoms with Gasteiger partial charge in [-0.15, -0.1) is 0 Å². The highest BCUT2D eigenvalue weighted by Crippen LogP contribution is 2.23. The number of likely N-dealkylation sites (tertiary alicyclic amines) is 1. The number of nitrogens with one attached hydrogen (secondary N) is 1. The number of anilines is 2. The first-order chi connectivity index (χ1) is 9.95. The molecule has 116 valence electrons. The molecule has 0 spiro atoms. The van der Waals surface area contributed by atoms with E-state index in [-0.39, 0.29) is 17.9 Å². The third kappa shape index (κ3) is 4.59. The third-order valence-electron chi connectivity index (χ3n) is 3.89. The van der Waals surface area contributed by atoms with Gasteiger partial charge in [0.25, 0.3) is 0 Å². The minimum absolute atomic E-state index is 0.0808. The number of benzene rings is 1. The van der Waals surface area contributed by atoms with E-state index in [4.69, 9.17) is 17.3 Å². The Labute approximate surface area is 130 Å². The van der Waals surface area contributed by atoms with Gasteiger partial charge in [0.05, 0.1) is 17.5 Å². The molecule has 2 rings (SSSR count). The normalized spacial score (nSPS) is 23.0. The molecule has 0 saturated carbocycles. The number of nitrogens with two attached hydrogens (primary N) is 1. The molecule has 1 heterocycles. The number of halogens is 1. The van der Waals surface area contributed by atoms with Gasteiger partial charge in [-0.1, -0.05) is 18.5 Å². The fraction of sp³-hybridized carbons (Fsp3) is 0.533. The first-order valence-corrected chi connectivity index (χ1v) is 7.59. The summed E-state index contributed by atoms with van der Waals surface area (Å²) in [7, 11) is 0. The van der Waals surface area contributed by atoms with Crippen LogP contribution in [0.15, 0.2) is 18.2 Å². The number of nitrogens with zero attached hydrogens (tertiary/aromatic N) is 1. The molecule has 0 bridgehead atoms. The summed E-state index contributed by atoms with van der Waals surface area (Å²) < 4.78 is 0. The molecule has 1 aromatic rings. The van der Waals surface area contributed by atoms with Crippen LogP contribution >= 0.6 is 11.6 Å². The van der Waals surface area contributed by atoms with E-state index in [1.54, 1.807) is 18.2 Å². The van der Waals surface area contributed by atoms with Gasteiger partial charge >= 0.3 is 0 Å². The first kappa shape index (κ1) is 16.1. The van der Waals surface area contributed by atoms with Crippen molar-refractivity contribution in [3.05, 3.63) is 23.2 Å². The summed E-state index contributed by atoms with van der Waals surface area (Å²) in [5.41, 5.74) is 6.85. The lowest BCUT2D eigenvalue weighted by Gasteiger charge is -2.34. The molecule has 2 atom stereocenters. The number of aliphatic hydroxyl groups is 1. The summed E-state index contributed by atoms with van der Waals surface area (Å²) in [4.78, 5) is 14.2. The molecule has 5 nitrogen and oxygen atoms in total. The van der Waals surface area contributed by atoms with E-state index in [0.717, 1.165) is 19.5 Å². The van der Waals surface area contributed by atoms with Gasteiger partial charge in [0.1, 0.15) is 0 Å². The topological polar surface area (TPSA) is 78.6 Å². The molecule has 1 aliphatic heterocycles. The molecule has 1 fully saturated rings. The van der Waals surface area contributed by atoms with E-state index in [2.05, 4.69) is 10.2 Å². The Bertz CT molecular complexity index is 510. The number of piperidine rings is 1. The van der Waals surface area contributed by atoms with Crippen molar-refractivity contribution < 1.29 is 9.90 Å². The number of carbonyl (C=O) groups excluding carboxylic acids is 1. The first-order valence-electron chi connectivity index (χ1n) is 7.21. The average Bonchev–Trinajstić information content (AvgIpc) is 2.44. The smallest absolute Gasteiger partial charge is 0.225 e. The molecule has 0 aromatic heterocycles. The van der Waals surface area contributed by atoms with Crippen molar-refractivity contribution in [2.75, 3.05) is 30.7 Å². The predicted octanol–water partition coefficient (Wildman–Crippen LogP) is 1.95. The largest absolute Gasteiger partial charge is 0.397 e. The molecule has 2 unspecified atom stereocenters. The van der Waals surface area contributed by atoms with Gasteiger partial charge in [0.2, 0.25) is 5.91 Å². The fourth-order valence-corrected chi connectivity index (χ4v) is 2.70. The Morgan fingerprint density at radius 2 is 2.33 bits per heavy atom. The maximum absolute atomic E-state index is 12.0. The van der Waals surface area contributed by atoms with E-state index < -0.39 is 0 Å². The zero-order valence-corrected chi connectivity index (χ0v) is 12.9. The molecule has 0 radical (unpaired) electrons. The minimum Gasteiger partial charge on any atom is -0.397 e. The minimum atomic E-state index is -0.221. The highest BCUT2D eigenvalue weighted by Gasteiger charge is 2.24. The van der Waals surface area contributed by atoms with Gasteiger partial charge in [0.15, 0.2) is 0 Å². The van der Waals surface area contributed by atoms with Crippen LogP contribution in [0, 0.1) is 5.92 Å². The average molecular weight is 312 g/mol. The van der Waals surface area contributed by atoms with Gasteiger partial charge < -0.3 is 21.1 Å². The number of rotatable bonds is 4. The SMILES string of the molecule is CC1CN(CCC(=O)Nc2cc(Cl)ccc2N)CCC1O. The van der Waals surface area contributed by atoms with Crippen molar-refractivity contribution in [3.63, 3.8) is 0 Å². The van der Waals surface area contributed by atoms with Crippen LogP contribution < -0.4 is 11.1 Å². The summed E-state index contributed by atoms with van der Waals surface area (Å²) in [5.74, 6) is 0.174. The summed E-state index contributed by atoms with van der Waals surface area (Å²) in [5, 5.41) is 13.0. The van der Waals surface area contributed by atoms with Crippen LogP contribution in [-0.2, 0) is 4.79 Å². The zero-order chi connectivity index (χ0) is 15.4. The van der Waals surface area contributed by atoms with E-state index in [0.29, 0.717) is 29.4 Å². The standard InChI is InChI=1S/C15H22ClN3O2/c1-10-9-19(6-4-14(10)20)7-5-15(21)18-13-8-11(16)2-3-12(13)17/h2-3,8,10,14,20H,4-7,9,17H2,1H3,(H,18,21). The van der Waals surface area contributed by atoms with Crippen molar-refractivity contribution in [1.82, 2.24) is 4.90 Å². The quantitative estimate of drug-likeness (QED) is 0.743. The van der Waals surface area contributed by atoms with Crippen LogP contribution in [0.25, 0.3) is 0 Å². The molecule has 1 aromatic carbocycles. The number of aliphatic hydroxyl groups excluding tert-OH is 1. The van der Waals surface area contributed by atoms with Crippen LogP contribution in [0.5, 0.6) is 0 Å². The van der Waals surface area contributed by atoms with E-state index >= 15 is 0 Å². The summed E-state index contributed by atoms with van der Waals surface area (Å²) in [6.45, 7) is 4.37. The molecule has 0 aliphatic carbocycles. The van der Waals surface area contributed by atoms with E-state index in [9.17, 15) is 9.90 Å². The lowest BCUT2D eigenvalue weighted by molar-refractivity contribution is -0.116. The number of amides is 1. The van der Waals surface area contributed by atoms with Crippen LogP contribution in [-0.4, -0.2) is 41.7 Å². The molecule has 1 saturated heterocycles. The Kier molecular flexibility index (Phi) is 5.45. The van der Waals surface area contributed by atoms with Crippen molar-refractivity contribution in [2.24, 2.45) is 5.92 Å². The lowest BCUT2D eigenvalue weighted by Crippen LogP contribution is -2.42.